The van der Waals surface area contributed by atoms with Gasteiger partial charge in [-0.15, -0.1) is 0 Å². The minimum atomic E-state index is 0. The second-order valence-corrected chi connectivity index (χ2v) is 6.15. The number of hydrogen-bond donors (Lipinski definition) is 0. The van der Waals surface area contributed by atoms with Crippen molar-refractivity contribution in [1.29, 1.82) is 0 Å². The Hall–Kier alpha value is 0.423. The molecule has 0 aromatic rings. The molecule has 0 atom stereocenters. The summed E-state index contributed by atoms with van der Waals surface area (Å²) < 4.78 is 0. The van der Waals surface area contributed by atoms with Crippen LogP contribution in [0.15, 0.2) is 46.6 Å². The Morgan fingerprint density at radius 1 is 0.739 bits per heavy atom. The van der Waals surface area contributed by atoms with Crippen molar-refractivity contribution in [2.75, 3.05) is 0 Å². The Morgan fingerprint density at radius 2 is 1.09 bits per heavy atom. The van der Waals surface area contributed by atoms with Crippen LogP contribution in [0.1, 0.15) is 79.1 Å². The summed E-state index contributed by atoms with van der Waals surface area (Å²) in [5.74, 6) is 0. The molecule has 0 nitrogen and oxygen atoms in total. The molecule has 0 aromatic heterocycles. The Labute approximate surface area is 175 Å². The average Bonchev–Trinajstić information content (AvgIpc) is 3.03. The molecule has 0 saturated carbocycles. The normalized spacial score (nSPS) is 14.8. The van der Waals surface area contributed by atoms with Gasteiger partial charge >= 0.3 is 0 Å². The summed E-state index contributed by atoms with van der Waals surface area (Å²) in [5, 5.41) is 0. The Bertz CT molecular complexity index is 377. The standard InChI is InChI=1S/2C10H16.2ClH.Zr/c2*1-3-4-5-10-7-6-9(2)8-10;;;/h2*7-8H,3-6H2,1-2H3;2*1H;/p-2. The van der Waals surface area contributed by atoms with Crippen LogP contribution in [-0.2, 0) is 26.2 Å². The van der Waals surface area contributed by atoms with Crippen LogP contribution in [0.4, 0.5) is 0 Å². The SMILES string of the molecule is CCCCC1=CCC(C)=C1.CCCCC1=CCC(C)=C1.[Cl-].[Cl-].[Zr]. The summed E-state index contributed by atoms with van der Waals surface area (Å²) in [6.07, 6.45) is 19.6. The first-order chi connectivity index (χ1) is 9.65. The van der Waals surface area contributed by atoms with Crippen LogP contribution in [0, 0.1) is 0 Å². The molecular weight excluding hydrogens is 402 g/mol. The maximum atomic E-state index is 2.35. The van der Waals surface area contributed by atoms with E-state index in [1.165, 1.54) is 62.5 Å². The van der Waals surface area contributed by atoms with Crippen LogP contribution in [0.2, 0.25) is 0 Å². The van der Waals surface area contributed by atoms with Crippen LogP contribution in [0.25, 0.3) is 0 Å². The van der Waals surface area contributed by atoms with E-state index in [1.54, 1.807) is 11.1 Å². The van der Waals surface area contributed by atoms with E-state index in [0.717, 1.165) is 0 Å². The third-order valence-corrected chi connectivity index (χ3v) is 3.87. The second-order valence-electron chi connectivity index (χ2n) is 6.15. The van der Waals surface area contributed by atoms with Gasteiger partial charge in [-0.3, -0.25) is 0 Å². The zero-order chi connectivity index (χ0) is 14.8. The number of rotatable bonds is 6. The van der Waals surface area contributed by atoms with Gasteiger partial charge in [0.05, 0.1) is 0 Å². The third-order valence-electron chi connectivity index (χ3n) is 3.87. The zero-order valence-corrected chi connectivity index (χ0v) is 19.2. The van der Waals surface area contributed by atoms with E-state index in [-0.39, 0.29) is 51.0 Å². The predicted molar refractivity (Wildman–Crippen MR) is 92.0 cm³/mol. The van der Waals surface area contributed by atoms with Gasteiger partial charge in [-0.1, -0.05) is 73.3 Å². The summed E-state index contributed by atoms with van der Waals surface area (Å²) in [6.45, 7) is 8.89. The molecule has 0 amide bonds. The van der Waals surface area contributed by atoms with Crippen molar-refractivity contribution in [3.8, 4) is 0 Å². The van der Waals surface area contributed by atoms with Crippen molar-refractivity contribution in [3.05, 3.63) is 46.6 Å². The first-order valence-electron chi connectivity index (χ1n) is 8.38. The van der Waals surface area contributed by atoms with Crippen molar-refractivity contribution in [2.45, 2.75) is 79.1 Å². The molecular formula is C20H32Cl2Zr-2. The quantitative estimate of drug-likeness (QED) is 0.583. The number of unbranched alkanes of at least 4 members (excludes halogenated alkanes) is 2. The zero-order valence-electron chi connectivity index (χ0n) is 15.2. The average molecular weight is 435 g/mol. The van der Waals surface area contributed by atoms with Gasteiger partial charge in [0, 0.05) is 26.2 Å². The van der Waals surface area contributed by atoms with Crippen molar-refractivity contribution < 1.29 is 51.0 Å². The van der Waals surface area contributed by atoms with E-state index >= 15 is 0 Å². The van der Waals surface area contributed by atoms with Gasteiger partial charge in [-0.25, -0.2) is 0 Å². The fourth-order valence-corrected chi connectivity index (χ4v) is 2.56. The molecule has 0 heterocycles. The van der Waals surface area contributed by atoms with Crippen LogP contribution >= 0.6 is 0 Å². The largest absolute Gasteiger partial charge is 1.00 e. The molecule has 3 heteroatoms. The minimum absolute atomic E-state index is 0. The Morgan fingerprint density at radius 3 is 1.30 bits per heavy atom. The van der Waals surface area contributed by atoms with Crippen LogP contribution in [-0.4, -0.2) is 0 Å². The topological polar surface area (TPSA) is 0 Å². The number of hydrogen-bond acceptors (Lipinski definition) is 0. The fourth-order valence-electron chi connectivity index (χ4n) is 2.56. The number of allylic oxidation sites excluding steroid dienone is 8. The summed E-state index contributed by atoms with van der Waals surface area (Å²) in [5.41, 5.74) is 6.15. The monoisotopic (exact) mass is 432 g/mol. The van der Waals surface area contributed by atoms with E-state index in [0.29, 0.717) is 0 Å². The van der Waals surface area contributed by atoms with Gasteiger partial charge in [0.2, 0.25) is 0 Å². The van der Waals surface area contributed by atoms with Gasteiger partial charge in [0.15, 0.2) is 0 Å². The maximum absolute atomic E-state index is 2.35. The molecule has 2 aliphatic carbocycles. The Balaban J connectivity index is -0.000000308. The summed E-state index contributed by atoms with van der Waals surface area (Å²) in [4.78, 5) is 0. The first-order valence-corrected chi connectivity index (χ1v) is 8.38. The van der Waals surface area contributed by atoms with E-state index in [4.69, 9.17) is 0 Å². The fraction of sp³-hybridized carbons (Fsp3) is 0.600. The minimum Gasteiger partial charge on any atom is -1.00 e. The van der Waals surface area contributed by atoms with Crippen molar-refractivity contribution in [2.24, 2.45) is 0 Å². The number of halogens is 2. The molecule has 0 saturated heterocycles. The van der Waals surface area contributed by atoms with E-state index in [2.05, 4.69) is 52.0 Å². The van der Waals surface area contributed by atoms with Gasteiger partial charge < -0.3 is 24.8 Å². The van der Waals surface area contributed by atoms with Crippen molar-refractivity contribution in [1.82, 2.24) is 0 Å². The maximum Gasteiger partial charge on any atom is 0 e. The molecule has 2 aliphatic rings. The third kappa shape index (κ3) is 13.4. The van der Waals surface area contributed by atoms with Crippen LogP contribution < -0.4 is 24.8 Å². The Kier molecular flexibility index (Phi) is 21.2. The molecule has 0 bridgehead atoms. The van der Waals surface area contributed by atoms with Gasteiger partial charge in [0.1, 0.15) is 0 Å². The molecule has 23 heavy (non-hydrogen) atoms. The van der Waals surface area contributed by atoms with Gasteiger partial charge in [-0.2, -0.15) is 0 Å². The van der Waals surface area contributed by atoms with E-state index in [9.17, 15) is 0 Å². The van der Waals surface area contributed by atoms with Gasteiger partial charge in [-0.05, 0) is 52.4 Å². The summed E-state index contributed by atoms with van der Waals surface area (Å²) >= 11 is 0. The molecule has 132 valence electrons. The second kappa shape index (κ2) is 17.3. The summed E-state index contributed by atoms with van der Waals surface area (Å²) in [6, 6.07) is 0. The molecule has 0 radical (unpaired) electrons. The summed E-state index contributed by atoms with van der Waals surface area (Å²) in [7, 11) is 0. The van der Waals surface area contributed by atoms with Crippen LogP contribution in [0.5, 0.6) is 0 Å². The molecule has 0 N–H and O–H groups in total. The molecule has 0 fully saturated rings. The van der Waals surface area contributed by atoms with E-state index in [1.807, 2.05) is 0 Å². The molecule has 2 rings (SSSR count). The first kappa shape index (κ1) is 28.2. The molecule has 0 unspecified atom stereocenters. The molecule has 0 spiro atoms. The van der Waals surface area contributed by atoms with Crippen molar-refractivity contribution in [3.63, 3.8) is 0 Å². The van der Waals surface area contributed by atoms with Gasteiger partial charge in [0.25, 0.3) is 0 Å². The van der Waals surface area contributed by atoms with E-state index < -0.39 is 0 Å². The molecule has 0 aliphatic heterocycles. The van der Waals surface area contributed by atoms with Crippen molar-refractivity contribution >= 4 is 0 Å². The molecule has 0 aromatic carbocycles. The predicted octanol–water partition coefficient (Wildman–Crippen LogP) is 0.912. The smallest absolute Gasteiger partial charge is 0 e. The van der Waals surface area contributed by atoms with Crippen LogP contribution in [0.3, 0.4) is 0 Å².